The molecule has 0 saturated heterocycles. The number of nitrogens with zero attached hydrogens (tertiary/aromatic N) is 3. The third kappa shape index (κ3) is 2.34. The van der Waals surface area contributed by atoms with Crippen LogP contribution in [0.15, 0.2) is 6.20 Å². The van der Waals surface area contributed by atoms with Crippen molar-refractivity contribution in [3.05, 3.63) is 11.5 Å². The molecule has 5 nitrogen and oxygen atoms in total. The van der Waals surface area contributed by atoms with Gasteiger partial charge < -0.3 is 5.32 Å². The van der Waals surface area contributed by atoms with Crippen LogP contribution in [0.4, 0.5) is 5.82 Å². The van der Waals surface area contributed by atoms with Gasteiger partial charge in [-0.15, -0.1) is 0 Å². The van der Waals surface area contributed by atoms with Crippen molar-refractivity contribution in [3.8, 4) is 0 Å². The second kappa shape index (κ2) is 4.49. The SMILES string of the molecule is CCC(C)(CC)Nc1nc(Cl)nc2[nH]ncc12. The van der Waals surface area contributed by atoms with Crippen LogP contribution in [0.5, 0.6) is 0 Å². The summed E-state index contributed by atoms with van der Waals surface area (Å²) in [5, 5.41) is 11.3. The summed E-state index contributed by atoms with van der Waals surface area (Å²) in [4.78, 5) is 8.31. The summed E-state index contributed by atoms with van der Waals surface area (Å²) < 4.78 is 0. The zero-order chi connectivity index (χ0) is 12.5. The van der Waals surface area contributed by atoms with Gasteiger partial charge in [0.2, 0.25) is 5.28 Å². The van der Waals surface area contributed by atoms with E-state index >= 15 is 0 Å². The topological polar surface area (TPSA) is 66.5 Å². The molecule has 2 rings (SSSR count). The Balaban J connectivity index is 2.44. The lowest BCUT2D eigenvalue weighted by atomic mass is 9.95. The average molecular weight is 254 g/mol. The third-order valence-corrected chi connectivity index (χ3v) is 3.43. The maximum atomic E-state index is 5.89. The molecule has 0 atom stereocenters. The minimum absolute atomic E-state index is 0.00187. The lowest BCUT2D eigenvalue weighted by Gasteiger charge is -2.29. The van der Waals surface area contributed by atoms with Crippen molar-refractivity contribution in [3.63, 3.8) is 0 Å². The summed E-state index contributed by atoms with van der Waals surface area (Å²) >= 11 is 5.89. The number of rotatable bonds is 4. The summed E-state index contributed by atoms with van der Waals surface area (Å²) in [7, 11) is 0. The first-order valence-corrected chi connectivity index (χ1v) is 6.10. The lowest BCUT2D eigenvalue weighted by molar-refractivity contribution is 0.477. The Kier molecular flexibility index (Phi) is 3.19. The molecule has 0 saturated carbocycles. The van der Waals surface area contributed by atoms with Crippen molar-refractivity contribution < 1.29 is 0 Å². The van der Waals surface area contributed by atoms with E-state index in [-0.39, 0.29) is 10.8 Å². The van der Waals surface area contributed by atoms with Gasteiger partial charge in [0.05, 0.1) is 11.6 Å². The number of fused-ring (bicyclic) bond motifs is 1. The largest absolute Gasteiger partial charge is 0.364 e. The van der Waals surface area contributed by atoms with Gasteiger partial charge in [0.25, 0.3) is 0 Å². The van der Waals surface area contributed by atoms with Gasteiger partial charge in [0, 0.05) is 5.54 Å². The maximum Gasteiger partial charge on any atom is 0.226 e. The molecule has 2 aromatic heterocycles. The van der Waals surface area contributed by atoms with E-state index in [9.17, 15) is 0 Å². The van der Waals surface area contributed by atoms with Crippen LogP contribution in [-0.2, 0) is 0 Å². The Labute approximate surface area is 105 Å². The van der Waals surface area contributed by atoms with Crippen molar-refractivity contribution in [1.29, 1.82) is 0 Å². The Morgan fingerprint density at radius 2 is 2.06 bits per heavy atom. The fraction of sp³-hybridized carbons (Fsp3) is 0.545. The molecule has 0 spiro atoms. The molecule has 0 amide bonds. The van der Waals surface area contributed by atoms with Crippen LogP contribution in [0.3, 0.4) is 0 Å². The highest BCUT2D eigenvalue weighted by Gasteiger charge is 2.21. The van der Waals surface area contributed by atoms with Crippen LogP contribution in [0.1, 0.15) is 33.6 Å². The molecule has 2 heterocycles. The Bertz CT molecular complexity index is 518. The molecule has 6 heteroatoms. The summed E-state index contributed by atoms with van der Waals surface area (Å²) in [6.45, 7) is 6.45. The van der Waals surface area contributed by atoms with Gasteiger partial charge in [0.1, 0.15) is 5.82 Å². The normalized spacial score (nSPS) is 12.0. The maximum absolute atomic E-state index is 5.89. The number of hydrogen-bond donors (Lipinski definition) is 2. The predicted molar refractivity (Wildman–Crippen MR) is 69.3 cm³/mol. The number of aromatic amines is 1. The van der Waals surface area contributed by atoms with E-state index in [2.05, 4.69) is 46.3 Å². The summed E-state index contributed by atoms with van der Waals surface area (Å²) in [6.07, 6.45) is 3.72. The molecular formula is C11H16ClN5. The standard InChI is InChI=1S/C11H16ClN5/c1-4-11(3,5-2)16-8-7-6-13-17-9(7)15-10(12)14-8/h6H,4-5H2,1-3H3,(H2,13,14,15,16,17). The minimum Gasteiger partial charge on any atom is -0.364 e. The third-order valence-electron chi connectivity index (χ3n) is 3.26. The Hall–Kier alpha value is -1.36. The van der Waals surface area contributed by atoms with Crippen LogP contribution in [0.2, 0.25) is 5.28 Å². The van der Waals surface area contributed by atoms with Crippen LogP contribution >= 0.6 is 11.6 Å². The second-order valence-electron chi connectivity index (χ2n) is 4.37. The predicted octanol–water partition coefficient (Wildman–Crippen LogP) is 3.00. The van der Waals surface area contributed by atoms with E-state index in [0.717, 1.165) is 24.0 Å². The van der Waals surface area contributed by atoms with Gasteiger partial charge in [-0.05, 0) is 31.4 Å². The molecule has 0 aromatic carbocycles. The molecular weight excluding hydrogens is 238 g/mol. The highest BCUT2D eigenvalue weighted by Crippen LogP contribution is 2.26. The Morgan fingerprint density at radius 3 is 2.71 bits per heavy atom. The molecule has 92 valence electrons. The molecule has 0 bridgehead atoms. The molecule has 0 aliphatic heterocycles. The second-order valence-corrected chi connectivity index (χ2v) is 4.70. The van der Waals surface area contributed by atoms with Gasteiger partial charge in [-0.25, -0.2) is 0 Å². The molecule has 0 fully saturated rings. The van der Waals surface area contributed by atoms with Gasteiger partial charge in [-0.3, -0.25) is 5.10 Å². The fourth-order valence-corrected chi connectivity index (χ4v) is 1.78. The van der Waals surface area contributed by atoms with Crippen molar-refractivity contribution in [2.24, 2.45) is 0 Å². The number of hydrogen-bond acceptors (Lipinski definition) is 4. The fourth-order valence-electron chi connectivity index (χ4n) is 1.62. The average Bonchev–Trinajstić information content (AvgIpc) is 2.77. The van der Waals surface area contributed by atoms with Crippen LogP contribution < -0.4 is 5.32 Å². The zero-order valence-electron chi connectivity index (χ0n) is 10.2. The van der Waals surface area contributed by atoms with Crippen molar-refractivity contribution >= 4 is 28.5 Å². The first-order valence-electron chi connectivity index (χ1n) is 5.73. The molecule has 2 aromatic rings. The molecule has 0 aliphatic rings. The van der Waals surface area contributed by atoms with E-state index < -0.39 is 0 Å². The summed E-state index contributed by atoms with van der Waals surface area (Å²) in [5.41, 5.74) is 0.657. The van der Waals surface area contributed by atoms with E-state index in [4.69, 9.17) is 11.6 Å². The Morgan fingerprint density at radius 1 is 1.35 bits per heavy atom. The number of anilines is 1. The van der Waals surface area contributed by atoms with Crippen molar-refractivity contribution in [2.45, 2.75) is 39.2 Å². The summed E-state index contributed by atoms with van der Waals surface area (Å²) in [5.74, 6) is 0.736. The van der Waals surface area contributed by atoms with Crippen molar-refractivity contribution in [2.75, 3.05) is 5.32 Å². The number of H-pyrrole nitrogens is 1. The minimum atomic E-state index is 0.00187. The smallest absolute Gasteiger partial charge is 0.226 e. The number of aromatic nitrogens is 4. The van der Waals surface area contributed by atoms with Gasteiger partial charge in [-0.2, -0.15) is 15.1 Å². The molecule has 0 aliphatic carbocycles. The molecule has 2 N–H and O–H groups in total. The number of halogens is 1. The first kappa shape index (κ1) is 12.1. The van der Waals surface area contributed by atoms with Crippen molar-refractivity contribution in [1.82, 2.24) is 20.2 Å². The highest BCUT2D eigenvalue weighted by molar-refractivity contribution is 6.28. The van der Waals surface area contributed by atoms with Crippen LogP contribution in [-0.4, -0.2) is 25.7 Å². The monoisotopic (exact) mass is 253 g/mol. The lowest BCUT2D eigenvalue weighted by Crippen LogP contribution is -2.33. The van der Waals surface area contributed by atoms with Crippen LogP contribution in [0.25, 0.3) is 11.0 Å². The number of nitrogens with one attached hydrogen (secondary N) is 2. The highest BCUT2D eigenvalue weighted by atomic mass is 35.5. The molecule has 0 unspecified atom stereocenters. The molecule has 17 heavy (non-hydrogen) atoms. The van der Waals surface area contributed by atoms with E-state index in [1.54, 1.807) is 6.20 Å². The quantitative estimate of drug-likeness (QED) is 0.822. The van der Waals surface area contributed by atoms with E-state index in [0.29, 0.717) is 5.65 Å². The van der Waals surface area contributed by atoms with Crippen LogP contribution in [0, 0.1) is 0 Å². The van der Waals surface area contributed by atoms with E-state index in [1.165, 1.54) is 0 Å². The van der Waals surface area contributed by atoms with Gasteiger partial charge >= 0.3 is 0 Å². The summed E-state index contributed by atoms with van der Waals surface area (Å²) in [6, 6.07) is 0. The first-order chi connectivity index (χ1) is 8.08. The molecule has 0 radical (unpaired) electrons. The zero-order valence-corrected chi connectivity index (χ0v) is 11.0. The van der Waals surface area contributed by atoms with Gasteiger partial charge in [-0.1, -0.05) is 13.8 Å². The van der Waals surface area contributed by atoms with E-state index in [1.807, 2.05) is 0 Å². The van der Waals surface area contributed by atoms with Gasteiger partial charge in [0.15, 0.2) is 5.65 Å².